The lowest BCUT2D eigenvalue weighted by Crippen LogP contribution is -2.35. The molecule has 1 heterocycles. The van der Waals surface area contributed by atoms with E-state index >= 15 is 0 Å². The molecule has 0 aliphatic heterocycles. The maximum absolute atomic E-state index is 9.76. The van der Waals surface area contributed by atoms with Crippen LogP contribution in [0.4, 0.5) is 5.69 Å². The standard InChI is InChI=1S/C17H24N2O2/c1-2-16-19-14-10-13(6-7-15(14)21-16)18-11-17(12-20)8-4-3-5-9-17/h6-7,10,18,20H,2-5,8-9,11-12H2,1H3. The van der Waals surface area contributed by atoms with Gasteiger partial charge < -0.3 is 14.8 Å². The SMILES string of the molecule is CCc1nc2cc(NCC3(CO)CCCCC3)ccc2o1. The highest BCUT2D eigenvalue weighted by atomic mass is 16.3. The average Bonchev–Trinajstić information content (AvgIpc) is 2.96. The van der Waals surface area contributed by atoms with Crippen LogP contribution in [0.15, 0.2) is 22.6 Å². The fourth-order valence-corrected chi connectivity index (χ4v) is 3.22. The Bertz CT molecular complexity index is 600. The van der Waals surface area contributed by atoms with Gasteiger partial charge in [0.2, 0.25) is 0 Å². The molecule has 1 fully saturated rings. The highest BCUT2D eigenvalue weighted by Gasteiger charge is 2.31. The zero-order chi connectivity index (χ0) is 14.7. The minimum Gasteiger partial charge on any atom is -0.441 e. The number of anilines is 1. The summed E-state index contributed by atoms with van der Waals surface area (Å²) in [5, 5.41) is 13.2. The third-order valence-corrected chi connectivity index (χ3v) is 4.65. The summed E-state index contributed by atoms with van der Waals surface area (Å²) in [5.41, 5.74) is 2.84. The molecule has 0 spiro atoms. The van der Waals surface area contributed by atoms with Gasteiger partial charge >= 0.3 is 0 Å². The quantitative estimate of drug-likeness (QED) is 0.880. The lowest BCUT2D eigenvalue weighted by atomic mass is 9.74. The molecule has 1 aliphatic rings. The summed E-state index contributed by atoms with van der Waals surface area (Å²) in [7, 11) is 0. The second kappa shape index (κ2) is 6.06. The summed E-state index contributed by atoms with van der Waals surface area (Å²) in [6.07, 6.45) is 6.79. The third-order valence-electron chi connectivity index (χ3n) is 4.65. The third kappa shape index (κ3) is 3.05. The number of aliphatic hydroxyl groups excluding tert-OH is 1. The average molecular weight is 288 g/mol. The van der Waals surface area contributed by atoms with Gasteiger partial charge in [-0.2, -0.15) is 0 Å². The monoisotopic (exact) mass is 288 g/mol. The summed E-state index contributed by atoms with van der Waals surface area (Å²) < 4.78 is 5.63. The Morgan fingerprint density at radius 1 is 1.29 bits per heavy atom. The zero-order valence-electron chi connectivity index (χ0n) is 12.7. The first-order valence-electron chi connectivity index (χ1n) is 7.99. The fraction of sp³-hybridized carbons (Fsp3) is 0.588. The molecule has 4 nitrogen and oxygen atoms in total. The number of hydrogen-bond donors (Lipinski definition) is 2. The van der Waals surface area contributed by atoms with Crippen LogP contribution in [0.3, 0.4) is 0 Å². The number of benzene rings is 1. The molecule has 0 unspecified atom stereocenters. The molecule has 0 bridgehead atoms. The Morgan fingerprint density at radius 2 is 2.10 bits per heavy atom. The van der Waals surface area contributed by atoms with Gasteiger partial charge in [0.25, 0.3) is 0 Å². The van der Waals surface area contributed by atoms with Crippen LogP contribution < -0.4 is 5.32 Å². The first kappa shape index (κ1) is 14.4. The van der Waals surface area contributed by atoms with E-state index in [2.05, 4.69) is 10.3 Å². The topological polar surface area (TPSA) is 58.3 Å². The summed E-state index contributed by atoms with van der Waals surface area (Å²) in [5.74, 6) is 0.779. The smallest absolute Gasteiger partial charge is 0.195 e. The van der Waals surface area contributed by atoms with Crippen molar-refractivity contribution in [2.75, 3.05) is 18.5 Å². The summed E-state index contributed by atoms with van der Waals surface area (Å²) in [6, 6.07) is 6.03. The van der Waals surface area contributed by atoms with Crippen LogP contribution in [0.5, 0.6) is 0 Å². The number of aromatic nitrogens is 1. The van der Waals surface area contributed by atoms with Crippen molar-refractivity contribution in [3.63, 3.8) is 0 Å². The molecule has 1 aliphatic carbocycles. The normalized spacial score (nSPS) is 18.0. The van der Waals surface area contributed by atoms with Gasteiger partial charge in [-0.3, -0.25) is 0 Å². The molecule has 1 saturated carbocycles. The number of oxazole rings is 1. The van der Waals surface area contributed by atoms with E-state index in [1.807, 2.05) is 25.1 Å². The number of nitrogens with zero attached hydrogens (tertiary/aromatic N) is 1. The van der Waals surface area contributed by atoms with E-state index in [1.165, 1.54) is 19.3 Å². The number of rotatable bonds is 5. The molecule has 0 amide bonds. The van der Waals surface area contributed by atoms with E-state index in [9.17, 15) is 5.11 Å². The zero-order valence-corrected chi connectivity index (χ0v) is 12.7. The van der Waals surface area contributed by atoms with Crippen molar-refractivity contribution in [3.05, 3.63) is 24.1 Å². The minimum atomic E-state index is 0.0472. The lowest BCUT2D eigenvalue weighted by Gasteiger charge is -2.36. The van der Waals surface area contributed by atoms with Crippen LogP contribution in [-0.2, 0) is 6.42 Å². The summed E-state index contributed by atoms with van der Waals surface area (Å²) >= 11 is 0. The van der Waals surface area contributed by atoms with Crippen LogP contribution in [-0.4, -0.2) is 23.2 Å². The number of aryl methyl sites for hydroxylation is 1. The predicted molar refractivity (Wildman–Crippen MR) is 84.5 cm³/mol. The number of fused-ring (bicyclic) bond motifs is 1. The Kier molecular flexibility index (Phi) is 4.15. The first-order valence-corrected chi connectivity index (χ1v) is 7.99. The van der Waals surface area contributed by atoms with E-state index in [0.717, 1.165) is 48.5 Å². The largest absolute Gasteiger partial charge is 0.441 e. The van der Waals surface area contributed by atoms with Crippen LogP contribution in [0, 0.1) is 5.41 Å². The van der Waals surface area contributed by atoms with Gasteiger partial charge in [0.1, 0.15) is 5.52 Å². The molecule has 114 valence electrons. The molecule has 0 atom stereocenters. The van der Waals surface area contributed by atoms with Crippen LogP contribution in [0.1, 0.15) is 44.9 Å². The second-order valence-corrected chi connectivity index (χ2v) is 6.22. The fourth-order valence-electron chi connectivity index (χ4n) is 3.22. The Labute approximate surface area is 125 Å². The molecule has 4 heteroatoms. The van der Waals surface area contributed by atoms with Crippen LogP contribution >= 0.6 is 0 Å². The number of nitrogens with one attached hydrogen (secondary N) is 1. The van der Waals surface area contributed by atoms with Gasteiger partial charge in [-0.05, 0) is 31.0 Å². The number of aliphatic hydroxyl groups is 1. The second-order valence-electron chi connectivity index (χ2n) is 6.22. The van der Waals surface area contributed by atoms with Crippen LogP contribution in [0.2, 0.25) is 0 Å². The van der Waals surface area contributed by atoms with Gasteiger partial charge in [0.05, 0.1) is 6.61 Å². The molecule has 1 aromatic carbocycles. The molecule has 0 saturated heterocycles. The molecule has 1 aromatic heterocycles. The Hall–Kier alpha value is -1.55. The predicted octanol–water partition coefficient (Wildman–Crippen LogP) is 3.74. The molecular formula is C17H24N2O2. The summed E-state index contributed by atoms with van der Waals surface area (Å²) in [6.45, 7) is 3.14. The van der Waals surface area contributed by atoms with Crippen molar-refractivity contribution in [1.29, 1.82) is 0 Å². The maximum atomic E-state index is 9.76. The van der Waals surface area contributed by atoms with Gasteiger partial charge in [-0.15, -0.1) is 0 Å². The Balaban J connectivity index is 1.72. The van der Waals surface area contributed by atoms with E-state index in [-0.39, 0.29) is 12.0 Å². The van der Waals surface area contributed by atoms with Crippen molar-refractivity contribution in [2.24, 2.45) is 5.41 Å². The summed E-state index contributed by atoms with van der Waals surface area (Å²) in [4.78, 5) is 4.47. The van der Waals surface area contributed by atoms with Crippen molar-refractivity contribution < 1.29 is 9.52 Å². The van der Waals surface area contributed by atoms with Gasteiger partial charge in [0, 0.05) is 24.1 Å². The van der Waals surface area contributed by atoms with Crippen molar-refractivity contribution in [3.8, 4) is 0 Å². The molecule has 2 N–H and O–H groups in total. The molecule has 0 radical (unpaired) electrons. The first-order chi connectivity index (χ1) is 10.2. The van der Waals surface area contributed by atoms with E-state index in [4.69, 9.17) is 4.42 Å². The Morgan fingerprint density at radius 3 is 2.81 bits per heavy atom. The van der Waals surface area contributed by atoms with Crippen molar-refractivity contribution in [1.82, 2.24) is 4.98 Å². The molecular weight excluding hydrogens is 264 g/mol. The van der Waals surface area contributed by atoms with E-state index in [0.29, 0.717) is 0 Å². The van der Waals surface area contributed by atoms with Crippen LogP contribution in [0.25, 0.3) is 11.1 Å². The molecule has 21 heavy (non-hydrogen) atoms. The maximum Gasteiger partial charge on any atom is 0.195 e. The highest BCUT2D eigenvalue weighted by molar-refractivity contribution is 5.77. The van der Waals surface area contributed by atoms with Gasteiger partial charge in [-0.1, -0.05) is 26.2 Å². The minimum absolute atomic E-state index is 0.0472. The van der Waals surface area contributed by atoms with Crippen molar-refractivity contribution >= 4 is 16.8 Å². The van der Waals surface area contributed by atoms with E-state index in [1.54, 1.807) is 0 Å². The number of hydrogen-bond acceptors (Lipinski definition) is 4. The van der Waals surface area contributed by atoms with Crippen molar-refractivity contribution in [2.45, 2.75) is 45.4 Å². The van der Waals surface area contributed by atoms with Gasteiger partial charge in [-0.25, -0.2) is 4.98 Å². The van der Waals surface area contributed by atoms with E-state index < -0.39 is 0 Å². The lowest BCUT2D eigenvalue weighted by molar-refractivity contribution is 0.0944. The molecule has 3 rings (SSSR count). The highest BCUT2D eigenvalue weighted by Crippen LogP contribution is 2.36. The molecule has 2 aromatic rings. The van der Waals surface area contributed by atoms with Gasteiger partial charge in [0.15, 0.2) is 11.5 Å².